The molecule has 0 aliphatic carbocycles. The van der Waals surface area contributed by atoms with Gasteiger partial charge in [0.15, 0.2) is 0 Å². The number of rotatable bonds is 9. The highest BCUT2D eigenvalue weighted by Crippen LogP contribution is 2.32. The average molecular weight is 452 g/mol. The normalized spacial score (nSPS) is 14.3. The molecule has 32 heavy (non-hydrogen) atoms. The summed E-state index contributed by atoms with van der Waals surface area (Å²) in [7, 11) is 0. The lowest BCUT2D eigenvalue weighted by molar-refractivity contribution is -0.274. The lowest BCUT2D eigenvalue weighted by Crippen LogP contribution is -2.34. The molecule has 0 saturated carbocycles. The Labute approximate surface area is 181 Å². The highest BCUT2D eigenvalue weighted by molar-refractivity contribution is 6.36. The predicted octanol–water partition coefficient (Wildman–Crippen LogP) is 4.34. The van der Waals surface area contributed by atoms with Gasteiger partial charge in [-0.05, 0) is 43.2 Å². The number of amides is 2. The fourth-order valence-corrected chi connectivity index (χ4v) is 3.16. The highest BCUT2D eigenvalue weighted by Gasteiger charge is 2.39. The zero-order valence-corrected chi connectivity index (χ0v) is 17.0. The van der Waals surface area contributed by atoms with Crippen molar-refractivity contribution in [2.45, 2.75) is 19.7 Å². The molecule has 0 atom stereocenters. The Kier molecular flexibility index (Phi) is 7.14. The number of hydrogen-bond acceptors (Lipinski definition) is 5. The standard InChI is InChI=1S/C22H20F4N2O4/c1-2-31-12-4-11-28-20(29)18(14-7-9-15(23)10-8-14)19(21(28)30)27-16-5-3-6-17(13-16)32-22(24,25)26/h3,5-10,13,27H,2,4,11-12H2,1H3. The smallest absolute Gasteiger partial charge is 0.406 e. The second-order valence-electron chi connectivity index (χ2n) is 6.77. The summed E-state index contributed by atoms with van der Waals surface area (Å²) < 4.78 is 60.1. The summed E-state index contributed by atoms with van der Waals surface area (Å²) in [6.45, 7) is 2.74. The second kappa shape index (κ2) is 9.82. The molecule has 1 aliphatic heterocycles. The second-order valence-corrected chi connectivity index (χ2v) is 6.77. The Balaban J connectivity index is 1.93. The maximum absolute atomic E-state index is 13.4. The number of carbonyl (C=O) groups excluding carboxylic acids is 2. The molecular formula is C22H20F4N2O4. The molecule has 2 aromatic carbocycles. The van der Waals surface area contributed by atoms with E-state index in [0.29, 0.717) is 25.2 Å². The third-order valence-electron chi connectivity index (χ3n) is 4.51. The van der Waals surface area contributed by atoms with Gasteiger partial charge in [-0.1, -0.05) is 18.2 Å². The summed E-state index contributed by atoms with van der Waals surface area (Å²) in [5, 5.41) is 2.74. The van der Waals surface area contributed by atoms with Gasteiger partial charge in [0.2, 0.25) is 0 Å². The van der Waals surface area contributed by atoms with E-state index in [9.17, 15) is 27.2 Å². The predicted molar refractivity (Wildman–Crippen MR) is 108 cm³/mol. The van der Waals surface area contributed by atoms with Crippen LogP contribution in [0.2, 0.25) is 0 Å². The fraction of sp³-hybridized carbons (Fsp3) is 0.273. The largest absolute Gasteiger partial charge is 0.573 e. The van der Waals surface area contributed by atoms with Crippen LogP contribution in [0.1, 0.15) is 18.9 Å². The molecular weight excluding hydrogens is 432 g/mol. The van der Waals surface area contributed by atoms with E-state index in [4.69, 9.17) is 4.74 Å². The quantitative estimate of drug-likeness (QED) is 0.348. The van der Waals surface area contributed by atoms with Crippen molar-refractivity contribution < 1.29 is 36.6 Å². The van der Waals surface area contributed by atoms with Crippen molar-refractivity contribution in [3.63, 3.8) is 0 Å². The number of imide groups is 1. The van der Waals surface area contributed by atoms with Crippen LogP contribution in [0.3, 0.4) is 0 Å². The summed E-state index contributed by atoms with van der Waals surface area (Å²) in [6, 6.07) is 9.89. The van der Waals surface area contributed by atoms with Crippen molar-refractivity contribution in [3.8, 4) is 5.75 Å². The van der Waals surface area contributed by atoms with Crippen molar-refractivity contribution in [1.29, 1.82) is 0 Å². The van der Waals surface area contributed by atoms with E-state index in [2.05, 4.69) is 10.1 Å². The minimum atomic E-state index is -4.88. The first-order valence-electron chi connectivity index (χ1n) is 9.76. The molecule has 10 heteroatoms. The van der Waals surface area contributed by atoms with E-state index in [1.807, 2.05) is 6.92 Å². The van der Waals surface area contributed by atoms with E-state index in [1.54, 1.807) is 0 Å². The van der Waals surface area contributed by atoms with E-state index in [-0.39, 0.29) is 23.5 Å². The van der Waals surface area contributed by atoms with Gasteiger partial charge < -0.3 is 14.8 Å². The zero-order valence-electron chi connectivity index (χ0n) is 17.0. The molecule has 0 fully saturated rings. The number of ether oxygens (including phenoxy) is 2. The van der Waals surface area contributed by atoms with Crippen LogP contribution < -0.4 is 10.1 Å². The molecule has 0 aromatic heterocycles. The van der Waals surface area contributed by atoms with Gasteiger partial charge in [-0.3, -0.25) is 14.5 Å². The topological polar surface area (TPSA) is 67.9 Å². The molecule has 0 unspecified atom stereocenters. The first-order valence-corrected chi connectivity index (χ1v) is 9.76. The molecule has 2 amide bonds. The van der Waals surface area contributed by atoms with Gasteiger partial charge in [0, 0.05) is 31.5 Å². The number of anilines is 1. The van der Waals surface area contributed by atoms with E-state index in [1.165, 1.54) is 24.3 Å². The van der Waals surface area contributed by atoms with Crippen LogP contribution in [0, 0.1) is 5.82 Å². The SMILES string of the molecule is CCOCCCN1C(=O)C(Nc2cccc(OC(F)(F)F)c2)=C(c2ccc(F)cc2)C1=O. The molecule has 2 aromatic rings. The average Bonchev–Trinajstić information content (AvgIpc) is 2.95. The van der Waals surface area contributed by atoms with Gasteiger partial charge in [-0.25, -0.2) is 4.39 Å². The molecule has 6 nitrogen and oxygen atoms in total. The summed E-state index contributed by atoms with van der Waals surface area (Å²) in [5.41, 5.74) is 0.275. The number of hydrogen-bond donors (Lipinski definition) is 1. The minimum absolute atomic E-state index is 0.00597. The van der Waals surface area contributed by atoms with E-state index in [0.717, 1.165) is 29.2 Å². The number of alkyl halides is 3. The zero-order chi connectivity index (χ0) is 23.3. The molecule has 0 spiro atoms. The Morgan fingerprint density at radius 1 is 1.03 bits per heavy atom. The van der Waals surface area contributed by atoms with Crippen LogP contribution in [0.5, 0.6) is 5.75 Å². The Hall–Kier alpha value is -3.40. The van der Waals surface area contributed by atoms with Crippen molar-refractivity contribution >= 4 is 23.1 Å². The van der Waals surface area contributed by atoms with Gasteiger partial charge >= 0.3 is 6.36 Å². The molecule has 0 saturated heterocycles. The molecule has 170 valence electrons. The maximum Gasteiger partial charge on any atom is 0.573 e. The van der Waals surface area contributed by atoms with Gasteiger partial charge in [0.05, 0.1) is 5.57 Å². The molecule has 3 rings (SSSR count). The summed E-state index contributed by atoms with van der Waals surface area (Å²) in [6.07, 6.45) is -4.47. The molecule has 1 heterocycles. The molecule has 0 bridgehead atoms. The lowest BCUT2D eigenvalue weighted by atomic mass is 10.0. The van der Waals surface area contributed by atoms with Crippen molar-refractivity contribution in [3.05, 3.63) is 65.6 Å². The van der Waals surface area contributed by atoms with Crippen LogP contribution in [0.15, 0.2) is 54.2 Å². The molecule has 1 aliphatic rings. The first-order chi connectivity index (χ1) is 15.2. The monoisotopic (exact) mass is 452 g/mol. The van der Waals surface area contributed by atoms with Crippen LogP contribution in [0.4, 0.5) is 23.2 Å². The van der Waals surface area contributed by atoms with E-state index < -0.39 is 29.7 Å². The van der Waals surface area contributed by atoms with E-state index >= 15 is 0 Å². The number of benzene rings is 2. The van der Waals surface area contributed by atoms with Crippen LogP contribution in [-0.4, -0.2) is 42.8 Å². The number of nitrogens with one attached hydrogen (secondary N) is 1. The summed E-state index contributed by atoms with van der Waals surface area (Å²) in [4.78, 5) is 27.1. The Morgan fingerprint density at radius 2 is 1.75 bits per heavy atom. The van der Waals surface area contributed by atoms with Gasteiger partial charge in [0.1, 0.15) is 17.3 Å². The third kappa shape index (κ3) is 5.64. The fourth-order valence-electron chi connectivity index (χ4n) is 3.16. The van der Waals surface area contributed by atoms with Crippen molar-refractivity contribution in [2.24, 2.45) is 0 Å². The first kappa shape index (κ1) is 23.3. The molecule has 0 radical (unpaired) electrons. The van der Waals surface area contributed by atoms with Crippen LogP contribution >= 0.6 is 0 Å². The van der Waals surface area contributed by atoms with Crippen molar-refractivity contribution in [2.75, 3.05) is 25.1 Å². The highest BCUT2D eigenvalue weighted by atomic mass is 19.4. The molecule has 1 N–H and O–H groups in total. The van der Waals surface area contributed by atoms with Gasteiger partial charge in [0.25, 0.3) is 11.8 Å². The number of nitrogens with zero attached hydrogens (tertiary/aromatic N) is 1. The van der Waals surface area contributed by atoms with Crippen molar-refractivity contribution in [1.82, 2.24) is 4.90 Å². The van der Waals surface area contributed by atoms with Gasteiger partial charge in [-0.15, -0.1) is 13.2 Å². The Morgan fingerprint density at radius 3 is 2.41 bits per heavy atom. The summed E-state index contributed by atoms with van der Waals surface area (Å²) >= 11 is 0. The number of halogens is 4. The summed E-state index contributed by atoms with van der Waals surface area (Å²) in [5.74, 6) is -2.25. The van der Waals surface area contributed by atoms with Crippen LogP contribution in [-0.2, 0) is 14.3 Å². The minimum Gasteiger partial charge on any atom is -0.406 e. The lowest BCUT2D eigenvalue weighted by Gasteiger charge is -2.15. The third-order valence-corrected chi connectivity index (χ3v) is 4.51. The van der Waals surface area contributed by atoms with Gasteiger partial charge in [-0.2, -0.15) is 0 Å². The number of carbonyl (C=O) groups is 2. The maximum atomic E-state index is 13.4. The Bertz CT molecular complexity index is 1020. The van der Waals surface area contributed by atoms with Crippen LogP contribution in [0.25, 0.3) is 5.57 Å².